The molecule has 4 aromatic rings. The number of hydrogen-bond acceptors (Lipinski definition) is 4. The Balaban J connectivity index is 1.73. The van der Waals surface area contributed by atoms with Gasteiger partial charge in [-0.1, -0.05) is 18.2 Å². The number of primary amides is 1. The molecule has 3 N–H and O–H groups in total. The molecule has 0 bridgehead atoms. The van der Waals surface area contributed by atoms with E-state index in [9.17, 15) is 9.59 Å². The Morgan fingerprint density at radius 3 is 2.43 bits per heavy atom. The maximum atomic E-state index is 13.0. The predicted molar refractivity (Wildman–Crippen MR) is 107 cm³/mol. The fourth-order valence-corrected chi connectivity index (χ4v) is 2.98. The standard InChI is InChI=1S/C22H17N3O3/c1-13-6-11-20(28-13)19-12-17(16-4-2-3-5-18(16)25-19)22(27)24-15-9-7-14(8-10-15)21(23)26/h2-12H,1H3,(H2,23,26)(H,24,27). The lowest BCUT2D eigenvalue weighted by Gasteiger charge is -2.10. The molecule has 0 aliphatic heterocycles. The summed E-state index contributed by atoms with van der Waals surface area (Å²) in [6, 6.07) is 19.2. The number of furan rings is 1. The molecule has 0 saturated carbocycles. The monoisotopic (exact) mass is 371 g/mol. The van der Waals surface area contributed by atoms with Crippen LogP contribution in [0, 0.1) is 6.92 Å². The molecular weight excluding hydrogens is 354 g/mol. The molecule has 0 fully saturated rings. The Morgan fingerprint density at radius 2 is 1.75 bits per heavy atom. The first-order valence-electron chi connectivity index (χ1n) is 8.69. The summed E-state index contributed by atoms with van der Waals surface area (Å²) in [6.07, 6.45) is 0. The topological polar surface area (TPSA) is 98.2 Å². The van der Waals surface area contributed by atoms with Gasteiger partial charge in [0.25, 0.3) is 5.91 Å². The van der Waals surface area contributed by atoms with Crippen LogP contribution in [0.15, 0.2) is 71.1 Å². The molecule has 28 heavy (non-hydrogen) atoms. The van der Waals surface area contributed by atoms with Crippen molar-refractivity contribution in [3.05, 3.63) is 83.6 Å². The molecule has 138 valence electrons. The van der Waals surface area contributed by atoms with Crippen LogP contribution in [0.2, 0.25) is 0 Å². The lowest BCUT2D eigenvalue weighted by molar-refractivity contribution is 0.0998. The highest BCUT2D eigenvalue weighted by Gasteiger charge is 2.15. The average Bonchev–Trinajstić information content (AvgIpc) is 3.14. The van der Waals surface area contributed by atoms with Crippen molar-refractivity contribution in [2.75, 3.05) is 5.32 Å². The van der Waals surface area contributed by atoms with Crippen molar-refractivity contribution in [2.24, 2.45) is 5.73 Å². The molecule has 2 aromatic heterocycles. The normalized spacial score (nSPS) is 10.8. The molecular formula is C22H17N3O3. The Morgan fingerprint density at radius 1 is 1.00 bits per heavy atom. The molecule has 0 spiro atoms. The summed E-state index contributed by atoms with van der Waals surface area (Å²) < 4.78 is 5.67. The maximum absolute atomic E-state index is 13.0. The summed E-state index contributed by atoms with van der Waals surface area (Å²) in [7, 11) is 0. The highest BCUT2D eigenvalue weighted by Crippen LogP contribution is 2.27. The molecule has 2 heterocycles. The van der Waals surface area contributed by atoms with Crippen molar-refractivity contribution in [3.8, 4) is 11.5 Å². The summed E-state index contributed by atoms with van der Waals surface area (Å²) in [5.74, 6) is 0.569. The van der Waals surface area contributed by atoms with Gasteiger partial charge in [-0.2, -0.15) is 0 Å². The second-order valence-electron chi connectivity index (χ2n) is 6.38. The van der Waals surface area contributed by atoms with Gasteiger partial charge in [-0.15, -0.1) is 0 Å². The number of benzene rings is 2. The van der Waals surface area contributed by atoms with Crippen LogP contribution in [-0.4, -0.2) is 16.8 Å². The largest absolute Gasteiger partial charge is 0.460 e. The highest BCUT2D eigenvalue weighted by molar-refractivity contribution is 6.13. The zero-order valence-electron chi connectivity index (χ0n) is 15.1. The van der Waals surface area contributed by atoms with Gasteiger partial charge in [0.05, 0.1) is 11.1 Å². The molecule has 0 aliphatic carbocycles. The third kappa shape index (κ3) is 3.35. The van der Waals surface area contributed by atoms with Crippen LogP contribution >= 0.6 is 0 Å². The van der Waals surface area contributed by atoms with Crippen LogP contribution in [0.1, 0.15) is 26.5 Å². The molecule has 0 aliphatic rings. The number of anilines is 1. The van der Waals surface area contributed by atoms with E-state index in [1.165, 1.54) is 0 Å². The number of nitrogens with two attached hydrogens (primary N) is 1. The van der Waals surface area contributed by atoms with Gasteiger partial charge < -0.3 is 15.5 Å². The number of carbonyl (C=O) groups excluding carboxylic acids is 2. The summed E-state index contributed by atoms with van der Waals surface area (Å²) in [5.41, 5.74) is 7.95. The van der Waals surface area contributed by atoms with Crippen molar-refractivity contribution >= 4 is 28.4 Å². The number of pyridine rings is 1. The molecule has 2 amide bonds. The first kappa shape index (κ1) is 17.5. The van der Waals surface area contributed by atoms with Crippen LogP contribution < -0.4 is 11.1 Å². The second kappa shape index (κ2) is 7.00. The summed E-state index contributed by atoms with van der Waals surface area (Å²) in [5, 5.41) is 3.59. The number of fused-ring (bicyclic) bond motifs is 1. The van der Waals surface area contributed by atoms with E-state index < -0.39 is 5.91 Å². The van der Waals surface area contributed by atoms with Gasteiger partial charge in [-0.05, 0) is 55.5 Å². The average molecular weight is 371 g/mol. The molecule has 6 nitrogen and oxygen atoms in total. The van der Waals surface area contributed by atoms with Crippen LogP contribution in [0.4, 0.5) is 5.69 Å². The molecule has 0 unspecified atom stereocenters. The van der Waals surface area contributed by atoms with Gasteiger partial charge in [0.2, 0.25) is 5.91 Å². The second-order valence-corrected chi connectivity index (χ2v) is 6.38. The summed E-state index contributed by atoms with van der Waals surface area (Å²) in [4.78, 5) is 28.8. The Labute approximate surface area is 161 Å². The van der Waals surface area contributed by atoms with E-state index in [-0.39, 0.29) is 5.91 Å². The van der Waals surface area contributed by atoms with Crippen LogP contribution in [0.3, 0.4) is 0 Å². The van der Waals surface area contributed by atoms with Crippen molar-refractivity contribution in [1.82, 2.24) is 4.98 Å². The molecule has 0 saturated heterocycles. The summed E-state index contributed by atoms with van der Waals surface area (Å²) >= 11 is 0. The van der Waals surface area contributed by atoms with Crippen LogP contribution in [0.5, 0.6) is 0 Å². The first-order valence-corrected chi connectivity index (χ1v) is 8.69. The number of rotatable bonds is 4. The molecule has 0 atom stereocenters. The minimum Gasteiger partial charge on any atom is -0.460 e. The van der Waals surface area contributed by atoms with Crippen molar-refractivity contribution < 1.29 is 14.0 Å². The van der Waals surface area contributed by atoms with Crippen molar-refractivity contribution in [3.63, 3.8) is 0 Å². The molecule has 6 heteroatoms. The highest BCUT2D eigenvalue weighted by atomic mass is 16.3. The first-order chi connectivity index (χ1) is 13.5. The zero-order valence-corrected chi connectivity index (χ0v) is 15.1. The van der Waals surface area contributed by atoms with Gasteiger partial charge in [-0.25, -0.2) is 4.98 Å². The fraction of sp³-hybridized carbons (Fsp3) is 0.0455. The number of nitrogens with one attached hydrogen (secondary N) is 1. The lowest BCUT2D eigenvalue weighted by Crippen LogP contribution is -2.14. The van der Waals surface area contributed by atoms with Gasteiger partial charge >= 0.3 is 0 Å². The number of aromatic nitrogens is 1. The third-order valence-corrected chi connectivity index (χ3v) is 4.38. The van der Waals surface area contributed by atoms with Gasteiger partial charge in [0.15, 0.2) is 5.76 Å². The van der Waals surface area contributed by atoms with E-state index in [2.05, 4.69) is 10.3 Å². The fourth-order valence-electron chi connectivity index (χ4n) is 2.98. The Kier molecular flexibility index (Phi) is 4.37. The van der Waals surface area contributed by atoms with Crippen LogP contribution in [0.25, 0.3) is 22.4 Å². The van der Waals surface area contributed by atoms with E-state index in [1.807, 2.05) is 43.3 Å². The number of hydrogen-bond donors (Lipinski definition) is 2. The van der Waals surface area contributed by atoms with Gasteiger partial charge in [-0.3, -0.25) is 9.59 Å². The maximum Gasteiger partial charge on any atom is 0.256 e. The van der Waals surface area contributed by atoms with Gasteiger partial charge in [0.1, 0.15) is 11.5 Å². The van der Waals surface area contributed by atoms with E-state index in [4.69, 9.17) is 10.2 Å². The number of carbonyl (C=O) groups is 2. The summed E-state index contributed by atoms with van der Waals surface area (Å²) in [6.45, 7) is 1.86. The number of aryl methyl sites for hydroxylation is 1. The van der Waals surface area contributed by atoms with Crippen molar-refractivity contribution in [2.45, 2.75) is 6.92 Å². The molecule has 2 aromatic carbocycles. The van der Waals surface area contributed by atoms with Crippen LogP contribution in [-0.2, 0) is 0 Å². The third-order valence-electron chi connectivity index (χ3n) is 4.38. The molecule has 0 radical (unpaired) electrons. The van der Waals surface area contributed by atoms with E-state index in [0.29, 0.717) is 33.8 Å². The van der Waals surface area contributed by atoms with Gasteiger partial charge in [0, 0.05) is 16.6 Å². The number of para-hydroxylation sites is 1. The minimum atomic E-state index is -0.517. The minimum absolute atomic E-state index is 0.282. The predicted octanol–water partition coefficient (Wildman–Crippen LogP) is 4.15. The smallest absolute Gasteiger partial charge is 0.256 e. The SMILES string of the molecule is Cc1ccc(-c2cc(C(=O)Nc3ccc(C(N)=O)cc3)c3ccccc3n2)o1. The number of amides is 2. The Bertz CT molecular complexity index is 1190. The Hall–Kier alpha value is -3.93. The number of nitrogens with zero attached hydrogens (tertiary/aromatic N) is 1. The van der Waals surface area contributed by atoms with Crippen molar-refractivity contribution in [1.29, 1.82) is 0 Å². The van der Waals surface area contributed by atoms with E-state index in [0.717, 1.165) is 11.1 Å². The lowest BCUT2D eigenvalue weighted by atomic mass is 10.1. The zero-order chi connectivity index (χ0) is 19.7. The quantitative estimate of drug-likeness (QED) is 0.563. The van der Waals surface area contributed by atoms with E-state index >= 15 is 0 Å². The molecule has 4 rings (SSSR count). The van der Waals surface area contributed by atoms with E-state index in [1.54, 1.807) is 30.3 Å².